The number of benzene rings is 2. The highest BCUT2D eigenvalue weighted by atomic mass is 32.2. The molecule has 9 nitrogen and oxygen atoms in total. The Morgan fingerprint density at radius 2 is 1.81 bits per heavy atom. The van der Waals surface area contributed by atoms with E-state index in [-0.39, 0.29) is 24.2 Å². The van der Waals surface area contributed by atoms with Gasteiger partial charge in [0.25, 0.3) is 0 Å². The van der Waals surface area contributed by atoms with Gasteiger partial charge in [-0.3, -0.25) is 9.59 Å². The maximum Gasteiger partial charge on any atom is 0.234 e. The van der Waals surface area contributed by atoms with Gasteiger partial charge in [-0.1, -0.05) is 43.3 Å². The second-order valence-electron chi connectivity index (χ2n) is 8.89. The van der Waals surface area contributed by atoms with E-state index < -0.39 is 0 Å². The van der Waals surface area contributed by atoms with Gasteiger partial charge in [-0.05, 0) is 49.6 Å². The first kappa shape index (κ1) is 27.1. The number of anilines is 2. The van der Waals surface area contributed by atoms with E-state index in [0.717, 1.165) is 11.3 Å². The number of nitrogens with zero attached hydrogens (tertiary/aromatic N) is 3. The zero-order chi connectivity index (χ0) is 26.2. The minimum Gasteiger partial charge on any atom is -0.495 e. The van der Waals surface area contributed by atoms with Crippen LogP contribution in [0, 0.1) is 19.8 Å². The SMILES string of the molecule is COc1ccc(NC(=O)CSc2nnc(COc3ccc(C)cc3C)n2CC(C)C)cc1NC(C)=O. The van der Waals surface area contributed by atoms with E-state index in [0.29, 0.717) is 40.6 Å². The van der Waals surface area contributed by atoms with Crippen molar-refractivity contribution in [1.82, 2.24) is 14.8 Å². The van der Waals surface area contributed by atoms with Gasteiger partial charge in [0.15, 0.2) is 11.0 Å². The Labute approximate surface area is 216 Å². The fourth-order valence-corrected chi connectivity index (χ4v) is 4.35. The number of hydrogen-bond donors (Lipinski definition) is 2. The Kier molecular flexibility index (Phi) is 9.35. The zero-order valence-electron chi connectivity index (χ0n) is 21.5. The number of carbonyl (C=O) groups excluding carboxylic acids is 2. The summed E-state index contributed by atoms with van der Waals surface area (Å²) >= 11 is 1.31. The lowest BCUT2D eigenvalue weighted by atomic mass is 10.1. The largest absolute Gasteiger partial charge is 0.495 e. The molecule has 36 heavy (non-hydrogen) atoms. The van der Waals surface area contributed by atoms with Crippen LogP contribution in [0.2, 0.25) is 0 Å². The molecule has 192 valence electrons. The van der Waals surface area contributed by atoms with Gasteiger partial charge >= 0.3 is 0 Å². The van der Waals surface area contributed by atoms with Crippen molar-refractivity contribution in [2.24, 2.45) is 5.92 Å². The number of aromatic nitrogens is 3. The van der Waals surface area contributed by atoms with Crippen LogP contribution < -0.4 is 20.1 Å². The molecule has 0 spiro atoms. The summed E-state index contributed by atoms with van der Waals surface area (Å²) in [7, 11) is 1.52. The summed E-state index contributed by atoms with van der Waals surface area (Å²) in [6.07, 6.45) is 0. The van der Waals surface area contributed by atoms with Crippen LogP contribution in [0.1, 0.15) is 37.7 Å². The third-order valence-corrected chi connectivity index (χ3v) is 6.12. The van der Waals surface area contributed by atoms with Gasteiger partial charge in [0, 0.05) is 19.2 Å². The number of methoxy groups -OCH3 is 1. The number of carbonyl (C=O) groups is 2. The van der Waals surface area contributed by atoms with Crippen LogP contribution in [0.5, 0.6) is 11.5 Å². The quantitative estimate of drug-likeness (QED) is 0.355. The Morgan fingerprint density at radius 1 is 1.06 bits per heavy atom. The standard InChI is InChI=1S/C26H33N5O4S/c1-16(2)13-31-24(14-35-22-9-7-17(3)11-18(22)4)29-30-26(31)36-15-25(33)28-20-8-10-23(34-6)21(12-20)27-19(5)32/h7-12,16H,13-15H2,1-6H3,(H,27,32)(H,28,33). The summed E-state index contributed by atoms with van der Waals surface area (Å²) in [4.78, 5) is 24.1. The molecule has 2 N–H and O–H groups in total. The maximum absolute atomic E-state index is 12.7. The Bertz CT molecular complexity index is 1230. The highest BCUT2D eigenvalue weighted by Gasteiger charge is 2.17. The van der Waals surface area contributed by atoms with Crippen molar-refractivity contribution >= 4 is 35.0 Å². The summed E-state index contributed by atoms with van der Waals surface area (Å²) in [5.74, 6) is 2.11. The highest BCUT2D eigenvalue weighted by Crippen LogP contribution is 2.28. The van der Waals surface area contributed by atoms with Gasteiger partial charge in [-0.2, -0.15) is 0 Å². The fourth-order valence-electron chi connectivity index (χ4n) is 3.58. The minimum absolute atomic E-state index is 0.148. The van der Waals surface area contributed by atoms with Gasteiger partial charge in [-0.25, -0.2) is 0 Å². The van der Waals surface area contributed by atoms with E-state index in [4.69, 9.17) is 9.47 Å². The molecule has 0 aliphatic heterocycles. The van der Waals surface area contributed by atoms with Gasteiger partial charge in [0.2, 0.25) is 11.8 Å². The normalized spacial score (nSPS) is 10.9. The number of amides is 2. The summed E-state index contributed by atoms with van der Waals surface area (Å²) in [5, 5.41) is 14.9. The molecule has 2 amide bonds. The first-order chi connectivity index (χ1) is 17.2. The smallest absolute Gasteiger partial charge is 0.234 e. The van der Waals surface area contributed by atoms with Crippen molar-refractivity contribution in [2.75, 3.05) is 23.5 Å². The predicted molar refractivity (Wildman–Crippen MR) is 142 cm³/mol. The van der Waals surface area contributed by atoms with E-state index in [2.05, 4.69) is 40.7 Å². The first-order valence-corrected chi connectivity index (χ1v) is 12.6. The molecule has 0 saturated heterocycles. The average Bonchev–Trinajstić information content (AvgIpc) is 3.17. The maximum atomic E-state index is 12.7. The number of thioether (sulfide) groups is 1. The lowest BCUT2D eigenvalue weighted by Gasteiger charge is -2.14. The van der Waals surface area contributed by atoms with Crippen molar-refractivity contribution in [3.63, 3.8) is 0 Å². The number of hydrogen-bond acceptors (Lipinski definition) is 7. The molecule has 0 bridgehead atoms. The minimum atomic E-state index is -0.228. The van der Waals surface area contributed by atoms with Crippen LogP contribution in [0.3, 0.4) is 0 Å². The van der Waals surface area contributed by atoms with Crippen molar-refractivity contribution in [1.29, 1.82) is 0 Å². The van der Waals surface area contributed by atoms with Crippen LogP contribution in [-0.2, 0) is 22.7 Å². The lowest BCUT2D eigenvalue weighted by molar-refractivity contribution is -0.114. The Balaban J connectivity index is 1.66. The fraction of sp³-hybridized carbons (Fsp3) is 0.385. The summed E-state index contributed by atoms with van der Waals surface area (Å²) in [6, 6.07) is 11.1. The summed E-state index contributed by atoms with van der Waals surface area (Å²) < 4.78 is 13.3. The molecule has 0 aliphatic carbocycles. The van der Waals surface area contributed by atoms with Gasteiger partial charge in [0.1, 0.15) is 18.1 Å². The van der Waals surface area contributed by atoms with Crippen molar-refractivity contribution in [3.8, 4) is 11.5 Å². The third kappa shape index (κ3) is 7.48. The molecule has 0 atom stereocenters. The van der Waals surface area contributed by atoms with E-state index in [1.54, 1.807) is 18.2 Å². The van der Waals surface area contributed by atoms with Crippen molar-refractivity contribution in [3.05, 3.63) is 53.3 Å². The van der Waals surface area contributed by atoms with E-state index in [1.165, 1.54) is 31.4 Å². The second kappa shape index (κ2) is 12.4. The predicted octanol–water partition coefficient (Wildman–Crippen LogP) is 4.83. The van der Waals surface area contributed by atoms with Crippen molar-refractivity contribution < 1.29 is 19.1 Å². The molecule has 0 fully saturated rings. The Hall–Kier alpha value is -3.53. The molecule has 3 rings (SSSR count). The van der Waals surface area contributed by atoms with Crippen LogP contribution in [-0.4, -0.2) is 39.4 Å². The van der Waals surface area contributed by atoms with Gasteiger partial charge in [0.05, 0.1) is 18.6 Å². The highest BCUT2D eigenvalue weighted by molar-refractivity contribution is 7.99. The second-order valence-corrected chi connectivity index (χ2v) is 9.84. The topological polar surface area (TPSA) is 107 Å². The summed E-state index contributed by atoms with van der Waals surface area (Å²) in [5.41, 5.74) is 3.29. The molecule has 3 aromatic rings. The molecular formula is C26H33N5O4S. The molecule has 2 aromatic carbocycles. The lowest BCUT2D eigenvalue weighted by Crippen LogP contribution is -2.16. The van der Waals surface area contributed by atoms with E-state index >= 15 is 0 Å². The molecule has 10 heteroatoms. The third-order valence-electron chi connectivity index (χ3n) is 5.15. The average molecular weight is 512 g/mol. The van der Waals surface area contributed by atoms with Crippen LogP contribution >= 0.6 is 11.8 Å². The van der Waals surface area contributed by atoms with Gasteiger partial charge < -0.3 is 24.7 Å². The van der Waals surface area contributed by atoms with E-state index in [1.807, 2.05) is 30.5 Å². The molecule has 0 radical (unpaired) electrons. The van der Waals surface area contributed by atoms with E-state index in [9.17, 15) is 9.59 Å². The van der Waals surface area contributed by atoms with Crippen LogP contribution in [0.4, 0.5) is 11.4 Å². The van der Waals surface area contributed by atoms with Crippen molar-refractivity contribution in [2.45, 2.75) is 52.9 Å². The van der Waals surface area contributed by atoms with Crippen LogP contribution in [0.15, 0.2) is 41.6 Å². The molecule has 0 aliphatic rings. The van der Waals surface area contributed by atoms with Crippen LogP contribution in [0.25, 0.3) is 0 Å². The molecular weight excluding hydrogens is 478 g/mol. The summed E-state index contributed by atoms with van der Waals surface area (Å²) in [6.45, 7) is 10.7. The molecule has 0 saturated carbocycles. The number of aryl methyl sites for hydroxylation is 2. The van der Waals surface area contributed by atoms with Gasteiger partial charge in [-0.15, -0.1) is 10.2 Å². The monoisotopic (exact) mass is 511 g/mol. The number of nitrogens with one attached hydrogen (secondary N) is 2. The molecule has 1 heterocycles. The zero-order valence-corrected chi connectivity index (χ0v) is 22.4. The molecule has 0 unspecified atom stereocenters. The first-order valence-electron chi connectivity index (χ1n) is 11.7. The Morgan fingerprint density at radius 3 is 2.47 bits per heavy atom. The number of ether oxygens (including phenoxy) is 2. The number of rotatable bonds is 11. The molecule has 1 aromatic heterocycles.